The Morgan fingerprint density at radius 1 is 1.28 bits per heavy atom. The largest absolute Gasteiger partial charge is 0.394 e. The number of hydrogen-bond donors (Lipinski definition) is 4. The fourth-order valence-electron chi connectivity index (χ4n) is 1.51. The molecule has 0 saturated heterocycles. The summed E-state index contributed by atoms with van der Waals surface area (Å²) in [5.74, 6) is -0.717. The van der Waals surface area contributed by atoms with Crippen molar-refractivity contribution in [3.8, 4) is 0 Å². The number of carbonyl (C=O) groups excluding carboxylic acids is 2. The lowest BCUT2D eigenvalue weighted by Gasteiger charge is -2.18. The van der Waals surface area contributed by atoms with E-state index in [0.717, 1.165) is 12.8 Å². The Labute approximate surface area is 107 Å². The summed E-state index contributed by atoms with van der Waals surface area (Å²) in [6, 6.07) is -0.952. The number of rotatable bonds is 7. The van der Waals surface area contributed by atoms with Crippen LogP contribution in [0.2, 0.25) is 0 Å². The summed E-state index contributed by atoms with van der Waals surface area (Å²) in [7, 11) is 0. The zero-order chi connectivity index (χ0) is 13.7. The summed E-state index contributed by atoms with van der Waals surface area (Å²) < 4.78 is 0. The summed E-state index contributed by atoms with van der Waals surface area (Å²) in [6.07, 6.45) is 1.45. The predicted octanol–water partition coefficient (Wildman–Crippen LogP) is -0.993. The van der Waals surface area contributed by atoms with Gasteiger partial charge >= 0.3 is 0 Å². The maximum Gasteiger partial charge on any atom is 0.245 e. The first-order valence-electron chi connectivity index (χ1n) is 6.32. The van der Waals surface area contributed by atoms with E-state index in [9.17, 15) is 14.7 Å². The third-order valence-electron chi connectivity index (χ3n) is 2.99. The van der Waals surface area contributed by atoms with Crippen LogP contribution in [0.5, 0.6) is 0 Å². The summed E-state index contributed by atoms with van der Waals surface area (Å²) >= 11 is 0. The van der Waals surface area contributed by atoms with Gasteiger partial charge in [0.2, 0.25) is 11.8 Å². The second-order valence-electron chi connectivity index (χ2n) is 5.05. The van der Waals surface area contributed by atoms with Crippen LogP contribution < -0.4 is 10.6 Å². The molecule has 0 aliphatic heterocycles. The summed E-state index contributed by atoms with van der Waals surface area (Å²) in [4.78, 5) is 23.1. The number of nitrogens with one attached hydrogen (secondary N) is 2. The molecular formula is C12H22N2O4. The second-order valence-corrected chi connectivity index (χ2v) is 5.05. The Bertz CT molecular complexity index is 302. The molecule has 104 valence electrons. The molecule has 1 aliphatic rings. The van der Waals surface area contributed by atoms with E-state index >= 15 is 0 Å². The van der Waals surface area contributed by atoms with Gasteiger partial charge in [-0.1, -0.05) is 13.8 Å². The van der Waals surface area contributed by atoms with Crippen molar-refractivity contribution < 1.29 is 19.8 Å². The van der Waals surface area contributed by atoms with Crippen LogP contribution in [0.25, 0.3) is 0 Å². The van der Waals surface area contributed by atoms with Gasteiger partial charge in [-0.3, -0.25) is 9.59 Å². The van der Waals surface area contributed by atoms with Crippen LogP contribution in [0, 0.1) is 11.8 Å². The highest BCUT2D eigenvalue weighted by Gasteiger charge is 2.30. The molecule has 2 atom stereocenters. The normalized spacial score (nSPS) is 18.3. The van der Waals surface area contributed by atoms with Crippen LogP contribution in [-0.2, 0) is 9.59 Å². The molecule has 1 rings (SSSR count). The monoisotopic (exact) mass is 258 g/mol. The molecule has 0 aromatic heterocycles. The first-order chi connectivity index (χ1) is 8.45. The minimum Gasteiger partial charge on any atom is -0.394 e. The Balaban J connectivity index is 2.33. The van der Waals surface area contributed by atoms with Crippen LogP contribution in [0.3, 0.4) is 0 Å². The van der Waals surface area contributed by atoms with Crippen LogP contribution in [-0.4, -0.2) is 47.3 Å². The van der Waals surface area contributed by atoms with Crippen molar-refractivity contribution in [2.75, 3.05) is 13.2 Å². The first-order valence-corrected chi connectivity index (χ1v) is 6.32. The van der Waals surface area contributed by atoms with E-state index in [2.05, 4.69) is 10.6 Å². The van der Waals surface area contributed by atoms with Crippen LogP contribution in [0.1, 0.15) is 26.7 Å². The molecule has 1 aliphatic carbocycles. The van der Waals surface area contributed by atoms with Crippen molar-refractivity contribution in [2.45, 2.75) is 38.8 Å². The third kappa shape index (κ3) is 4.62. The summed E-state index contributed by atoms with van der Waals surface area (Å²) in [5, 5.41) is 23.7. The lowest BCUT2D eigenvalue weighted by molar-refractivity contribution is -0.131. The van der Waals surface area contributed by atoms with Gasteiger partial charge in [0.1, 0.15) is 6.04 Å². The van der Waals surface area contributed by atoms with E-state index < -0.39 is 24.7 Å². The molecule has 1 saturated carbocycles. The van der Waals surface area contributed by atoms with Gasteiger partial charge in [0.25, 0.3) is 0 Å². The SMILES string of the molecule is CC(C)C(=O)N[C@@H](CO)C(=O)NCC(O)C1CC1. The first kappa shape index (κ1) is 14.9. The lowest BCUT2D eigenvalue weighted by atomic mass is 10.1. The highest BCUT2D eigenvalue weighted by Crippen LogP contribution is 2.32. The molecule has 1 fully saturated rings. The maximum atomic E-state index is 11.7. The van der Waals surface area contributed by atoms with Gasteiger partial charge in [0.05, 0.1) is 12.7 Å². The van der Waals surface area contributed by atoms with Crippen molar-refractivity contribution in [1.29, 1.82) is 0 Å². The average molecular weight is 258 g/mol. The highest BCUT2D eigenvalue weighted by molar-refractivity contribution is 5.88. The van der Waals surface area contributed by atoms with Gasteiger partial charge in [0.15, 0.2) is 0 Å². The molecular weight excluding hydrogens is 236 g/mol. The number of carbonyl (C=O) groups is 2. The lowest BCUT2D eigenvalue weighted by Crippen LogP contribution is -2.51. The Morgan fingerprint density at radius 2 is 1.89 bits per heavy atom. The standard InChI is InChI=1S/C12H22N2O4/c1-7(2)11(17)14-9(6-15)12(18)13-5-10(16)8-3-4-8/h7-10,15-16H,3-6H2,1-2H3,(H,13,18)(H,14,17)/t9-,10?/m0/s1. The molecule has 2 amide bonds. The van der Waals surface area contributed by atoms with Crippen molar-refractivity contribution in [1.82, 2.24) is 10.6 Å². The van der Waals surface area contributed by atoms with E-state index in [1.165, 1.54) is 0 Å². The van der Waals surface area contributed by atoms with Crippen LogP contribution in [0.4, 0.5) is 0 Å². The van der Waals surface area contributed by atoms with Crippen molar-refractivity contribution in [2.24, 2.45) is 11.8 Å². The van der Waals surface area contributed by atoms with E-state index in [1.807, 2.05) is 0 Å². The highest BCUT2D eigenvalue weighted by atomic mass is 16.3. The van der Waals surface area contributed by atoms with Gasteiger partial charge < -0.3 is 20.8 Å². The molecule has 6 nitrogen and oxygen atoms in total. The fraction of sp³-hybridized carbons (Fsp3) is 0.833. The molecule has 0 bridgehead atoms. The second kappa shape index (κ2) is 6.70. The Kier molecular flexibility index (Phi) is 5.55. The predicted molar refractivity (Wildman–Crippen MR) is 65.6 cm³/mol. The quantitative estimate of drug-likeness (QED) is 0.471. The zero-order valence-corrected chi connectivity index (χ0v) is 10.8. The molecule has 0 aromatic carbocycles. The van der Waals surface area contributed by atoms with Crippen molar-refractivity contribution in [3.63, 3.8) is 0 Å². The van der Waals surface area contributed by atoms with E-state index in [0.29, 0.717) is 0 Å². The number of hydrogen-bond acceptors (Lipinski definition) is 4. The van der Waals surface area contributed by atoms with Crippen LogP contribution in [0.15, 0.2) is 0 Å². The molecule has 18 heavy (non-hydrogen) atoms. The maximum absolute atomic E-state index is 11.7. The molecule has 4 N–H and O–H groups in total. The van der Waals surface area contributed by atoms with Gasteiger partial charge in [-0.15, -0.1) is 0 Å². The molecule has 0 heterocycles. The minimum absolute atomic E-state index is 0.164. The molecule has 6 heteroatoms. The van der Waals surface area contributed by atoms with Gasteiger partial charge in [-0.05, 0) is 18.8 Å². The minimum atomic E-state index is -0.952. The van der Waals surface area contributed by atoms with Crippen molar-refractivity contribution in [3.05, 3.63) is 0 Å². The van der Waals surface area contributed by atoms with Crippen molar-refractivity contribution >= 4 is 11.8 Å². The van der Waals surface area contributed by atoms with E-state index in [4.69, 9.17) is 5.11 Å². The van der Waals surface area contributed by atoms with Gasteiger partial charge in [-0.25, -0.2) is 0 Å². The summed E-state index contributed by atoms with van der Waals surface area (Å²) in [5.41, 5.74) is 0. The summed E-state index contributed by atoms with van der Waals surface area (Å²) in [6.45, 7) is 3.12. The zero-order valence-electron chi connectivity index (χ0n) is 10.8. The van der Waals surface area contributed by atoms with E-state index in [1.54, 1.807) is 13.8 Å². The molecule has 0 spiro atoms. The van der Waals surface area contributed by atoms with Gasteiger partial charge in [0, 0.05) is 12.5 Å². The smallest absolute Gasteiger partial charge is 0.245 e. The Morgan fingerprint density at radius 3 is 2.33 bits per heavy atom. The van der Waals surface area contributed by atoms with E-state index in [-0.39, 0.29) is 24.3 Å². The third-order valence-corrected chi connectivity index (χ3v) is 2.99. The fourth-order valence-corrected chi connectivity index (χ4v) is 1.51. The van der Waals surface area contributed by atoms with Gasteiger partial charge in [-0.2, -0.15) is 0 Å². The topological polar surface area (TPSA) is 98.7 Å². The molecule has 1 unspecified atom stereocenters. The van der Waals surface area contributed by atoms with Crippen LogP contribution >= 0.6 is 0 Å². The number of aliphatic hydroxyl groups is 2. The average Bonchev–Trinajstić information content (AvgIpc) is 3.15. The molecule has 0 radical (unpaired) electrons. The number of aliphatic hydroxyl groups excluding tert-OH is 2. The number of amides is 2. The Hall–Kier alpha value is -1.14. The molecule has 0 aromatic rings.